The zero-order valence-electron chi connectivity index (χ0n) is 15.2. The van der Waals surface area contributed by atoms with Gasteiger partial charge in [-0.15, -0.1) is 0 Å². The molecule has 0 amide bonds. The lowest BCUT2D eigenvalue weighted by Crippen LogP contribution is -2.34. The molecule has 3 unspecified atom stereocenters. The molecule has 1 aliphatic heterocycles. The first-order valence-corrected chi connectivity index (χ1v) is 10.0. The quantitative estimate of drug-likeness (QED) is 0.318. The molecule has 1 aliphatic rings. The number of hydrogen-bond acceptors (Lipinski definition) is 8. The van der Waals surface area contributed by atoms with Crippen LogP contribution in [-0.2, 0) is 13.8 Å². The highest BCUT2D eigenvalue weighted by Crippen LogP contribution is 2.56. The summed E-state index contributed by atoms with van der Waals surface area (Å²) in [6, 6.07) is 0. The summed E-state index contributed by atoms with van der Waals surface area (Å²) in [5.74, 6) is 0. The molecule has 27 heavy (non-hydrogen) atoms. The number of aliphatic hydroxyl groups is 3. The van der Waals surface area contributed by atoms with E-state index in [-0.39, 0.29) is 18.4 Å². The minimum Gasteiger partial charge on any atom is -0.388 e. The van der Waals surface area contributed by atoms with E-state index < -0.39 is 54.7 Å². The van der Waals surface area contributed by atoms with Crippen LogP contribution in [0.4, 0.5) is 0 Å². The van der Waals surface area contributed by atoms with Crippen LogP contribution in [0.2, 0.25) is 0 Å². The van der Waals surface area contributed by atoms with Crippen molar-refractivity contribution in [3.05, 3.63) is 32.6 Å². The first-order valence-electron chi connectivity index (χ1n) is 8.46. The summed E-state index contributed by atoms with van der Waals surface area (Å²) in [4.78, 5) is 37.2. The third-order valence-electron chi connectivity index (χ3n) is 4.68. The van der Waals surface area contributed by atoms with Crippen LogP contribution in [0.25, 0.3) is 0 Å². The van der Waals surface area contributed by atoms with Crippen molar-refractivity contribution in [1.29, 1.82) is 0 Å². The summed E-state index contributed by atoms with van der Waals surface area (Å²) in [6.07, 6.45) is -4.95. The molecule has 1 aromatic heterocycles. The molecular weight excluding hydrogens is 383 g/mol. The monoisotopic (exact) mass is 408 g/mol. The molecule has 2 rings (SSSR count). The molecule has 1 fully saturated rings. The van der Waals surface area contributed by atoms with Gasteiger partial charge in [-0.25, -0.2) is 4.79 Å². The molecule has 2 heterocycles. The van der Waals surface area contributed by atoms with Crippen LogP contribution in [0.15, 0.2) is 15.8 Å². The molecule has 11 nitrogen and oxygen atoms in total. The van der Waals surface area contributed by atoms with Crippen molar-refractivity contribution in [2.75, 3.05) is 0 Å². The van der Waals surface area contributed by atoms with Crippen molar-refractivity contribution >= 4 is 7.60 Å². The molecule has 154 valence electrons. The van der Waals surface area contributed by atoms with Gasteiger partial charge in [0.2, 0.25) is 0 Å². The first kappa shape index (κ1) is 22.0. The SMILES string of the molecule is CCC(C)(O)P(=O)(O)OC(C)C[C@H]1O[C@@H](c2c[nH]c(=O)[nH]c2=O)[C@H](O)[C@@H]1O. The third-order valence-corrected chi connectivity index (χ3v) is 6.86. The number of nitrogens with one attached hydrogen (secondary N) is 2. The van der Waals surface area contributed by atoms with Gasteiger partial charge in [-0.05, 0) is 20.3 Å². The van der Waals surface area contributed by atoms with Gasteiger partial charge in [0, 0.05) is 12.6 Å². The number of rotatable bonds is 7. The van der Waals surface area contributed by atoms with Crippen LogP contribution in [-0.4, -0.2) is 59.9 Å². The lowest BCUT2D eigenvalue weighted by atomic mass is 10.0. The Morgan fingerprint density at radius 3 is 2.56 bits per heavy atom. The Hall–Kier alpha value is -1.33. The van der Waals surface area contributed by atoms with Gasteiger partial charge in [0.1, 0.15) is 18.3 Å². The molecular formula is C15H25N2O9P. The summed E-state index contributed by atoms with van der Waals surface area (Å²) in [7, 11) is -4.37. The zero-order chi connectivity index (χ0) is 20.6. The Morgan fingerprint density at radius 1 is 1.37 bits per heavy atom. The topological polar surface area (TPSA) is 182 Å². The standard InChI is InChI=1S/C15H25N2O9P/c1-4-15(3,22)27(23,24)26-7(2)5-9-10(18)11(19)12(25-9)8-6-16-14(21)17-13(8)20/h6-7,9-12,18-19,22H,4-5H2,1-3H3,(H,23,24)(H2,16,17,20,21)/t7?,9-,10-,11-,12+,15?/m1/s1. The first-order chi connectivity index (χ1) is 12.4. The van der Waals surface area contributed by atoms with Crippen molar-refractivity contribution in [2.45, 2.75) is 69.5 Å². The maximum Gasteiger partial charge on any atom is 0.359 e. The summed E-state index contributed by atoms with van der Waals surface area (Å²) in [6.45, 7) is 4.17. The second-order valence-electron chi connectivity index (χ2n) is 6.85. The van der Waals surface area contributed by atoms with Crippen molar-refractivity contribution in [3.63, 3.8) is 0 Å². The molecule has 0 spiro atoms. The van der Waals surface area contributed by atoms with Gasteiger partial charge in [0.15, 0.2) is 5.34 Å². The van der Waals surface area contributed by atoms with Crippen LogP contribution in [0, 0.1) is 0 Å². The van der Waals surface area contributed by atoms with Crippen molar-refractivity contribution in [1.82, 2.24) is 9.97 Å². The van der Waals surface area contributed by atoms with Crippen LogP contribution < -0.4 is 11.2 Å². The molecule has 12 heteroatoms. The molecule has 0 saturated carbocycles. The average Bonchev–Trinajstić information content (AvgIpc) is 2.82. The zero-order valence-corrected chi connectivity index (χ0v) is 16.1. The van der Waals surface area contributed by atoms with Crippen LogP contribution in [0.1, 0.15) is 45.3 Å². The molecule has 0 bridgehead atoms. The van der Waals surface area contributed by atoms with Gasteiger partial charge in [0.05, 0.1) is 17.8 Å². The van der Waals surface area contributed by atoms with E-state index in [1.165, 1.54) is 20.8 Å². The highest BCUT2D eigenvalue weighted by molar-refractivity contribution is 7.54. The van der Waals surface area contributed by atoms with Crippen molar-refractivity contribution in [3.8, 4) is 0 Å². The highest BCUT2D eigenvalue weighted by Gasteiger charge is 2.47. The number of ether oxygens (including phenoxy) is 1. The maximum absolute atomic E-state index is 12.2. The van der Waals surface area contributed by atoms with Gasteiger partial charge in [-0.3, -0.25) is 14.3 Å². The molecule has 6 N–H and O–H groups in total. The Kier molecular flexibility index (Phi) is 6.48. The minimum atomic E-state index is -4.37. The number of aromatic amines is 2. The van der Waals surface area contributed by atoms with E-state index in [2.05, 4.69) is 4.98 Å². The van der Waals surface area contributed by atoms with Gasteiger partial charge in [-0.1, -0.05) is 6.92 Å². The Labute approximate surface area is 154 Å². The molecule has 0 aliphatic carbocycles. The van der Waals surface area contributed by atoms with Gasteiger partial charge >= 0.3 is 13.3 Å². The average molecular weight is 408 g/mol. The largest absolute Gasteiger partial charge is 0.388 e. The molecule has 1 saturated heterocycles. The molecule has 7 atom stereocenters. The summed E-state index contributed by atoms with van der Waals surface area (Å²) in [5.41, 5.74) is -1.56. The van der Waals surface area contributed by atoms with E-state index in [1.807, 2.05) is 4.98 Å². The predicted molar refractivity (Wildman–Crippen MR) is 93.2 cm³/mol. The maximum atomic E-state index is 12.2. The summed E-state index contributed by atoms with van der Waals surface area (Å²) < 4.78 is 22.8. The van der Waals surface area contributed by atoms with Crippen LogP contribution in [0.3, 0.4) is 0 Å². The number of aromatic nitrogens is 2. The fraction of sp³-hybridized carbons (Fsp3) is 0.733. The van der Waals surface area contributed by atoms with Crippen LogP contribution in [0.5, 0.6) is 0 Å². The second-order valence-corrected chi connectivity index (χ2v) is 9.06. The Morgan fingerprint density at radius 2 is 2.00 bits per heavy atom. The van der Waals surface area contributed by atoms with Crippen LogP contribution >= 0.6 is 7.60 Å². The second kappa shape index (κ2) is 7.96. The van der Waals surface area contributed by atoms with E-state index in [9.17, 15) is 34.4 Å². The Balaban J connectivity index is 2.11. The van der Waals surface area contributed by atoms with E-state index in [1.54, 1.807) is 0 Å². The molecule has 0 radical (unpaired) electrons. The molecule has 1 aromatic rings. The highest BCUT2D eigenvalue weighted by atomic mass is 31.2. The van der Waals surface area contributed by atoms with E-state index in [0.717, 1.165) is 6.20 Å². The molecule has 0 aromatic carbocycles. The number of H-pyrrole nitrogens is 2. The van der Waals surface area contributed by atoms with Gasteiger partial charge in [-0.2, -0.15) is 0 Å². The number of aliphatic hydroxyl groups excluding tert-OH is 2. The summed E-state index contributed by atoms with van der Waals surface area (Å²) >= 11 is 0. The minimum absolute atomic E-state index is 0.00811. The fourth-order valence-electron chi connectivity index (χ4n) is 2.76. The smallest absolute Gasteiger partial charge is 0.359 e. The van der Waals surface area contributed by atoms with Gasteiger partial charge in [0.25, 0.3) is 5.56 Å². The normalized spacial score (nSPS) is 31.2. The van der Waals surface area contributed by atoms with Crippen molar-refractivity contribution < 1.29 is 34.0 Å². The lowest BCUT2D eigenvalue weighted by molar-refractivity contribution is -0.0189. The number of hydrogen-bond donors (Lipinski definition) is 6. The summed E-state index contributed by atoms with van der Waals surface area (Å²) in [5, 5.41) is 28.4. The van der Waals surface area contributed by atoms with E-state index >= 15 is 0 Å². The fourth-order valence-corrected chi connectivity index (χ4v) is 3.96. The Bertz CT molecular complexity index is 820. The van der Waals surface area contributed by atoms with E-state index in [4.69, 9.17) is 9.26 Å². The predicted octanol–water partition coefficient (Wildman–Crippen LogP) is -0.676. The van der Waals surface area contributed by atoms with Crippen molar-refractivity contribution in [2.24, 2.45) is 0 Å². The van der Waals surface area contributed by atoms with Gasteiger partial charge < -0.3 is 34.5 Å². The van der Waals surface area contributed by atoms with E-state index in [0.29, 0.717) is 0 Å². The third kappa shape index (κ3) is 4.57. The lowest BCUT2D eigenvalue weighted by Gasteiger charge is -2.30.